The third kappa shape index (κ3) is 4.71. The van der Waals surface area contributed by atoms with Crippen molar-refractivity contribution < 1.29 is 14.7 Å². The minimum atomic E-state index is -1.07. The van der Waals surface area contributed by atoms with Crippen LogP contribution in [-0.4, -0.2) is 29.1 Å². The van der Waals surface area contributed by atoms with E-state index >= 15 is 0 Å². The third-order valence-corrected chi connectivity index (χ3v) is 2.92. The maximum absolute atomic E-state index is 11.7. The van der Waals surface area contributed by atoms with Crippen LogP contribution in [0.2, 0.25) is 0 Å². The summed E-state index contributed by atoms with van der Waals surface area (Å²) in [6.45, 7) is 3.47. The Labute approximate surface area is 113 Å². The number of anilines is 1. The highest BCUT2D eigenvalue weighted by atomic mass is 16.4. The Bertz CT molecular complexity index is 434. The monoisotopic (exact) mass is 264 g/mol. The lowest BCUT2D eigenvalue weighted by Gasteiger charge is -2.25. The van der Waals surface area contributed by atoms with Gasteiger partial charge in [0.05, 0.1) is 6.54 Å². The van der Waals surface area contributed by atoms with Gasteiger partial charge in [0.25, 0.3) is 0 Å². The van der Waals surface area contributed by atoms with Gasteiger partial charge in [-0.15, -0.1) is 0 Å². The molecular weight excluding hydrogens is 244 g/mol. The fraction of sp³-hybridized carbons (Fsp3) is 0.429. The fourth-order valence-electron chi connectivity index (χ4n) is 1.77. The van der Waals surface area contributed by atoms with Crippen LogP contribution >= 0.6 is 0 Å². The average molecular weight is 264 g/mol. The van der Waals surface area contributed by atoms with Gasteiger partial charge in [0.2, 0.25) is 5.91 Å². The van der Waals surface area contributed by atoms with Crippen LogP contribution in [0.1, 0.15) is 26.7 Å². The van der Waals surface area contributed by atoms with Gasteiger partial charge >= 0.3 is 5.97 Å². The van der Waals surface area contributed by atoms with Crippen molar-refractivity contribution in [2.45, 2.75) is 32.2 Å². The van der Waals surface area contributed by atoms with Crippen molar-refractivity contribution in [3.05, 3.63) is 30.3 Å². The summed E-state index contributed by atoms with van der Waals surface area (Å²) >= 11 is 0. The van der Waals surface area contributed by atoms with E-state index in [1.165, 1.54) is 0 Å². The first-order chi connectivity index (χ1) is 8.98. The number of aliphatic carboxylic acids is 1. The molecule has 0 fully saturated rings. The maximum Gasteiger partial charge on any atom is 0.323 e. The van der Waals surface area contributed by atoms with E-state index in [0.29, 0.717) is 12.1 Å². The minimum Gasteiger partial charge on any atom is -0.480 e. The molecule has 0 saturated heterocycles. The molecule has 5 heteroatoms. The molecule has 1 rings (SSSR count). The number of carboxylic acid groups (broad SMARTS) is 1. The number of para-hydroxylation sites is 1. The van der Waals surface area contributed by atoms with Gasteiger partial charge < -0.3 is 10.4 Å². The number of rotatable bonds is 7. The highest BCUT2D eigenvalue weighted by Gasteiger charge is 2.31. The number of benzene rings is 1. The Kier molecular flexibility index (Phi) is 5.51. The van der Waals surface area contributed by atoms with E-state index in [9.17, 15) is 14.7 Å². The predicted octanol–water partition coefficient (Wildman–Crippen LogP) is 1.86. The average Bonchev–Trinajstić information content (AvgIpc) is 2.38. The second kappa shape index (κ2) is 6.89. The summed E-state index contributed by atoms with van der Waals surface area (Å²) in [6, 6.07) is 9.06. The number of hydrogen-bond acceptors (Lipinski definition) is 3. The molecule has 0 aliphatic heterocycles. The van der Waals surface area contributed by atoms with Crippen LogP contribution in [0.3, 0.4) is 0 Å². The standard InChI is InChI=1S/C14H20N2O3/c1-3-9-14(2,13(18)19)15-10-12(17)16-11-7-5-4-6-8-11/h4-8,15H,3,9-10H2,1-2H3,(H,16,17)(H,18,19). The van der Waals surface area contributed by atoms with Crippen LogP contribution in [0.25, 0.3) is 0 Å². The molecule has 3 N–H and O–H groups in total. The molecule has 0 saturated carbocycles. The number of carbonyl (C=O) groups is 2. The molecule has 1 aromatic carbocycles. The van der Waals surface area contributed by atoms with E-state index in [4.69, 9.17) is 0 Å². The summed E-state index contributed by atoms with van der Waals surface area (Å²) in [5.74, 6) is -1.20. The fourth-order valence-corrected chi connectivity index (χ4v) is 1.77. The Morgan fingerprint density at radius 2 is 1.89 bits per heavy atom. The summed E-state index contributed by atoms with van der Waals surface area (Å²) in [6.07, 6.45) is 1.21. The largest absolute Gasteiger partial charge is 0.480 e. The van der Waals surface area contributed by atoms with E-state index in [2.05, 4.69) is 10.6 Å². The Balaban J connectivity index is 2.51. The summed E-state index contributed by atoms with van der Waals surface area (Å²) in [7, 11) is 0. The normalized spacial score (nSPS) is 13.6. The molecule has 0 radical (unpaired) electrons. The van der Waals surface area contributed by atoms with Crippen molar-refractivity contribution in [3.8, 4) is 0 Å². The molecule has 19 heavy (non-hydrogen) atoms. The van der Waals surface area contributed by atoms with Crippen molar-refractivity contribution in [2.24, 2.45) is 0 Å². The van der Waals surface area contributed by atoms with E-state index in [1.54, 1.807) is 19.1 Å². The van der Waals surface area contributed by atoms with Gasteiger partial charge in [-0.05, 0) is 25.5 Å². The zero-order valence-corrected chi connectivity index (χ0v) is 11.3. The zero-order chi connectivity index (χ0) is 14.3. The number of hydrogen-bond donors (Lipinski definition) is 3. The molecule has 0 aromatic heterocycles. The van der Waals surface area contributed by atoms with E-state index < -0.39 is 11.5 Å². The smallest absolute Gasteiger partial charge is 0.323 e. The van der Waals surface area contributed by atoms with E-state index in [0.717, 1.165) is 6.42 Å². The van der Waals surface area contributed by atoms with Gasteiger partial charge in [0.15, 0.2) is 0 Å². The molecule has 1 atom stereocenters. The van der Waals surface area contributed by atoms with Crippen LogP contribution < -0.4 is 10.6 Å². The SMILES string of the molecule is CCCC(C)(NCC(=O)Nc1ccccc1)C(=O)O. The van der Waals surface area contributed by atoms with Crippen LogP contribution in [0.15, 0.2) is 30.3 Å². The first kappa shape index (κ1) is 15.2. The highest BCUT2D eigenvalue weighted by molar-refractivity contribution is 5.92. The summed E-state index contributed by atoms with van der Waals surface area (Å²) in [5.41, 5.74) is -0.371. The first-order valence-corrected chi connectivity index (χ1v) is 6.31. The summed E-state index contributed by atoms with van der Waals surface area (Å²) in [4.78, 5) is 22.9. The summed E-state index contributed by atoms with van der Waals surface area (Å²) in [5, 5.41) is 14.7. The molecule has 0 aliphatic carbocycles. The van der Waals surface area contributed by atoms with Gasteiger partial charge in [0.1, 0.15) is 5.54 Å². The maximum atomic E-state index is 11.7. The van der Waals surface area contributed by atoms with Gasteiger partial charge in [-0.25, -0.2) is 0 Å². The Morgan fingerprint density at radius 1 is 1.26 bits per heavy atom. The molecule has 5 nitrogen and oxygen atoms in total. The Hall–Kier alpha value is -1.88. The van der Waals surface area contributed by atoms with E-state index in [-0.39, 0.29) is 12.5 Å². The molecule has 0 bridgehead atoms. The van der Waals surface area contributed by atoms with Gasteiger partial charge in [0, 0.05) is 5.69 Å². The van der Waals surface area contributed by atoms with Crippen molar-refractivity contribution in [1.82, 2.24) is 5.32 Å². The highest BCUT2D eigenvalue weighted by Crippen LogP contribution is 2.12. The zero-order valence-electron chi connectivity index (χ0n) is 11.3. The van der Waals surface area contributed by atoms with Crippen LogP contribution in [-0.2, 0) is 9.59 Å². The van der Waals surface area contributed by atoms with Crippen molar-refractivity contribution in [3.63, 3.8) is 0 Å². The van der Waals surface area contributed by atoms with Crippen LogP contribution in [0, 0.1) is 0 Å². The van der Waals surface area contributed by atoms with E-state index in [1.807, 2.05) is 25.1 Å². The molecule has 1 unspecified atom stereocenters. The molecule has 0 spiro atoms. The Morgan fingerprint density at radius 3 is 2.42 bits per heavy atom. The van der Waals surface area contributed by atoms with Crippen molar-refractivity contribution >= 4 is 17.6 Å². The number of carbonyl (C=O) groups excluding carboxylic acids is 1. The molecule has 0 heterocycles. The van der Waals surface area contributed by atoms with Gasteiger partial charge in [-0.3, -0.25) is 14.9 Å². The van der Waals surface area contributed by atoms with Crippen LogP contribution in [0.4, 0.5) is 5.69 Å². The van der Waals surface area contributed by atoms with Gasteiger partial charge in [-0.2, -0.15) is 0 Å². The lowest BCUT2D eigenvalue weighted by atomic mass is 9.96. The lowest BCUT2D eigenvalue weighted by molar-refractivity contribution is -0.144. The molecular formula is C14H20N2O3. The van der Waals surface area contributed by atoms with Crippen molar-refractivity contribution in [1.29, 1.82) is 0 Å². The lowest BCUT2D eigenvalue weighted by Crippen LogP contribution is -2.51. The van der Waals surface area contributed by atoms with Gasteiger partial charge in [-0.1, -0.05) is 31.5 Å². The van der Waals surface area contributed by atoms with Crippen molar-refractivity contribution in [2.75, 3.05) is 11.9 Å². The molecule has 1 aromatic rings. The second-order valence-corrected chi connectivity index (χ2v) is 4.66. The number of carboxylic acids is 1. The molecule has 0 aliphatic rings. The number of nitrogens with one attached hydrogen (secondary N) is 2. The summed E-state index contributed by atoms with van der Waals surface area (Å²) < 4.78 is 0. The first-order valence-electron chi connectivity index (χ1n) is 6.31. The predicted molar refractivity (Wildman–Crippen MR) is 74.0 cm³/mol. The minimum absolute atomic E-state index is 0.0301. The molecule has 1 amide bonds. The molecule has 104 valence electrons. The second-order valence-electron chi connectivity index (χ2n) is 4.66. The third-order valence-electron chi connectivity index (χ3n) is 2.92. The van der Waals surface area contributed by atoms with Crippen LogP contribution in [0.5, 0.6) is 0 Å². The topological polar surface area (TPSA) is 78.4 Å². The number of amides is 1. The quantitative estimate of drug-likeness (QED) is 0.702.